The highest BCUT2D eigenvalue weighted by atomic mass is 32.2. The van der Waals surface area contributed by atoms with Gasteiger partial charge >= 0.3 is 0 Å². The Balaban J connectivity index is 2.68. The van der Waals surface area contributed by atoms with Crippen LogP contribution in [-0.4, -0.2) is 13.3 Å². The van der Waals surface area contributed by atoms with Crippen molar-refractivity contribution in [2.75, 3.05) is 0 Å². The van der Waals surface area contributed by atoms with Crippen molar-refractivity contribution >= 4 is 26.7 Å². The van der Waals surface area contributed by atoms with Crippen molar-refractivity contribution in [1.29, 1.82) is 0 Å². The molecule has 2 N–H and O–H groups in total. The summed E-state index contributed by atoms with van der Waals surface area (Å²) in [6.45, 7) is 0. The van der Waals surface area contributed by atoms with Gasteiger partial charge < -0.3 is 4.42 Å². The summed E-state index contributed by atoms with van der Waals surface area (Å²) in [5.41, 5.74) is -0.0685. The van der Waals surface area contributed by atoms with Crippen molar-refractivity contribution in [2.24, 2.45) is 5.14 Å². The fourth-order valence-electron chi connectivity index (χ4n) is 1.25. The summed E-state index contributed by atoms with van der Waals surface area (Å²) in [5, 5.41) is 15.4. The number of rotatable bonds is 2. The van der Waals surface area contributed by atoms with Crippen LogP contribution in [0, 0.1) is 10.1 Å². The first-order valence-corrected chi connectivity index (χ1v) is 5.63. The maximum absolute atomic E-state index is 11.0. The smallest absolute Gasteiger partial charge is 0.273 e. The molecule has 1 heterocycles. The number of primary sulfonamides is 1. The molecule has 0 amide bonds. The molecule has 0 spiro atoms. The van der Waals surface area contributed by atoms with Crippen molar-refractivity contribution in [2.45, 2.75) is 5.09 Å². The summed E-state index contributed by atoms with van der Waals surface area (Å²) >= 11 is 0. The van der Waals surface area contributed by atoms with E-state index in [1.165, 1.54) is 18.2 Å². The average molecular weight is 242 g/mol. The zero-order chi connectivity index (χ0) is 11.9. The first-order chi connectivity index (χ1) is 7.38. The number of fused-ring (bicyclic) bond motifs is 1. The van der Waals surface area contributed by atoms with Crippen LogP contribution >= 0.6 is 0 Å². The highest BCUT2D eigenvalue weighted by Gasteiger charge is 2.16. The van der Waals surface area contributed by atoms with Crippen LogP contribution in [0.4, 0.5) is 5.69 Å². The average Bonchev–Trinajstić information content (AvgIpc) is 2.58. The van der Waals surface area contributed by atoms with E-state index >= 15 is 0 Å². The Labute approximate surface area is 89.7 Å². The van der Waals surface area contributed by atoms with Gasteiger partial charge in [-0.3, -0.25) is 10.1 Å². The maximum Gasteiger partial charge on any atom is 0.273 e. The van der Waals surface area contributed by atoms with Gasteiger partial charge in [-0.15, -0.1) is 0 Å². The molecule has 8 heteroatoms. The van der Waals surface area contributed by atoms with Gasteiger partial charge in [-0.1, -0.05) is 0 Å². The lowest BCUT2D eigenvalue weighted by Gasteiger charge is -1.90. The van der Waals surface area contributed by atoms with Crippen molar-refractivity contribution in [3.63, 3.8) is 0 Å². The Bertz CT molecular complexity index is 673. The Morgan fingerprint density at radius 2 is 2.00 bits per heavy atom. The lowest BCUT2D eigenvalue weighted by atomic mass is 10.2. The molecule has 0 fully saturated rings. The summed E-state index contributed by atoms with van der Waals surface area (Å²) < 4.78 is 26.8. The van der Waals surface area contributed by atoms with E-state index in [1.54, 1.807) is 0 Å². The number of hydrogen-bond acceptors (Lipinski definition) is 5. The minimum absolute atomic E-state index is 0.109. The molecule has 0 aliphatic heterocycles. The molecule has 2 rings (SSSR count). The van der Waals surface area contributed by atoms with Gasteiger partial charge in [0.15, 0.2) is 0 Å². The van der Waals surface area contributed by atoms with Gasteiger partial charge in [-0.25, -0.2) is 13.6 Å². The van der Waals surface area contributed by atoms with Crippen LogP contribution in [0.2, 0.25) is 0 Å². The van der Waals surface area contributed by atoms with Crippen LogP contribution in [0.5, 0.6) is 0 Å². The SMILES string of the molecule is NS(=O)(=O)c1cc2ccc([N+](=O)[O-])cc2o1. The number of hydrogen-bond donors (Lipinski definition) is 1. The Hall–Kier alpha value is -1.93. The quantitative estimate of drug-likeness (QED) is 0.622. The predicted octanol–water partition coefficient (Wildman–Crippen LogP) is 0.988. The Morgan fingerprint density at radius 3 is 2.56 bits per heavy atom. The van der Waals surface area contributed by atoms with Crippen molar-refractivity contribution in [3.05, 3.63) is 34.4 Å². The largest absolute Gasteiger partial charge is 0.443 e. The zero-order valence-electron chi connectivity index (χ0n) is 7.78. The van der Waals surface area contributed by atoms with Gasteiger partial charge in [0.2, 0.25) is 5.09 Å². The number of non-ortho nitro benzene ring substituents is 1. The number of benzene rings is 1. The summed E-state index contributed by atoms with van der Waals surface area (Å²) in [6.07, 6.45) is 0. The monoisotopic (exact) mass is 242 g/mol. The number of nitrogens with zero attached hydrogens (tertiary/aromatic N) is 1. The molecule has 16 heavy (non-hydrogen) atoms. The van der Waals surface area contributed by atoms with E-state index in [-0.39, 0.29) is 11.3 Å². The van der Waals surface area contributed by atoms with Crippen molar-refractivity contribution in [3.8, 4) is 0 Å². The van der Waals surface area contributed by atoms with Crippen LogP contribution in [0.25, 0.3) is 11.0 Å². The number of sulfonamides is 1. The normalized spacial score (nSPS) is 11.8. The van der Waals surface area contributed by atoms with Crippen LogP contribution in [0.1, 0.15) is 0 Å². The second-order valence-electron chi connectivity index (χ2n) is 3.09. The summed E-state index contributed by atoms with van der Waals surface area (Å²) in [6, 6.07) is 5.01. The number of furan rings is 1. The van der Waals surface area contributed by atoms with Gasteiger partial charge in [0, 0.05) is 17.5 Å². The fraction of sp³-hybridized carbons (Fsp3) is 0. The van der Waals surface area contributed by atoms with Crippen LogP contribution < -0.4 is 5.14 Å². The third-order valence-corrected chi connectivity index (χ3v) is 2.73. The third kappa shape index (κ3) is 1.75. The molecule has 1 aromatic heterocycles. The highest BCUT2D eigenvalue weighted by Crippen LogP contribution is 2.25. The van der Waals surface area contributed by atoms with Crippen LogP contribution in [0.3, 0.4) is 0 Å². The van der Waals surface area contributed by atoms with Crippen LogP contribution in [0.15, 0.2) is 33.8 Å². The first-order valence-electron chi connectivity index (χ1n) is 4.09. The van der Waals surface area contributed by atoms with Crippen molar-refractivity contribution < 1.29 is 17.8 Å². The summed E-state index contributed by atoms with van der Waals surface area (Å²) in [7, 11) is -3.93. The topological polar surface area (TPSA) is 116 Å². The second kappa shape index (κ2) is 3.29. The summed E-state index contributed by atoms with van der Waals surface area (Å²) in [5.74, 6) is 0. The second-order valence-corrected chi connectivity index (χ2v) is 4.58. The van der Waals surface area contributed by atoms with E-state index in [0.717, 1.165) is 6.07 Å². The molecule has 84 valence electrons. The minimum atomic E-state index is -3.93. The lowest BCUT2D eigenvalue weighted by Crippen LogP contribution is -2.10. The molecule has 0 saturated carbocycles. The zero-order valence-corrected chi connectivity index (χ0v) is 8.60. The molecule has 0 saturated heterocycles. The number of nitro benzene ring substituents is 1. The van der Waals surface area contributed by atoms with E-state index in [0.29, 0.717) is 5.39 Å². The van der Waals surface area contributed by atoms with E-state index in [9.17, 15) is 18.5 Å². The predicted molar refractivity (Wildman–Crippen MR) is 54.2 cm³/mol. The van der Waals surface area contributed by atoms with Gasteiger partial charge in [0.1, 0.15) is 5.58 Å². The Kier molecular flexibility index (Phi) is 2.17. The molecule has 0 radical (unpaired) electrons. The molecule has 0 atom stereocenters. The van der Waals surface area contributed by atoms with E-state index < -0.39 is 20.0 Å². The van der Waals surface area contributed by atoms with Crippen molar-refractivity contribution in [1.82, 2.24) is 0 Å². The standard InChI is InChI=1S/C8H6N2O5S/c9-16(13,14)8-3-5-1-2-6(10(11)12)4-7(5)15-8/h1-4H,(H2,9,13,14). The Morgan fingerprint density at radius 1 is 1.31 bits per heavy atom. The van der Waals surface area contributed by atoms with Crippen LogP contribution in [-0.2, 0) is 10.0 Å². The molecule has 7 nitrogen and oxygen atoms in total. The first kappa shape index (κ1) is 10.6. The molecule has 0 aliphatic rings. The molecule has 0 unspecified atom stereocenters. The maximum atomic E-state index is 11.0. The lowest BCUT2D eigenvalue weighted by molar-refractivity contribution is -0.384. The summed E-state index contributed by atoms with van der Waals surface area (Å²) in [4.78, 5) is 9.87. The molecule has 0 aliphatic carbocycles. The molecule has 2 aromatic rings. The molecular weight excluding hydrogens is 236 g/mol. The van der Waals surface area contributed by atoms with Gasteiger partial charge in [-0.2, -0.15) is 0 Å². The number of nitro groups is 1. The van der Waals surface area contributed by atoms with E-state index in [2.05, 4.69) is 0 Å². The van der Waals surface area contributed by atoms with Gasteiger partial charge in [-0.05, 0) is 6.07 Å². The minimum Gasteiger partial charge on any atom is -0.443 e. The van der Waals surface area contributed by atoms with E-state index in [4.69, 9.17) is 9.56 Å². The number of nitrogens with two attached hydrogens (primary N) is 1. The van der Waals surface area contributed by atoms with Gasteiger partial charge in [0.25, 0.3) is 15.7 Å². The molecule has 1 aromatic carbocycles. The fourth-order valence-corrected chi connectivity index (χ4v) is 1.75. The third-order valence-electron chi connectivity index (χ3n) is 1.97. The van der Waals surface area contributed by atoms with Gasteiger partial charge in [0.05, 0.1) is 11.0 Å². The van der Waals surface area contributed by atoms with E-state index in [1.807, 2.05) is 0 Å². The molecular formula is C8H6N2O5S. The molecule has 0 bridgehead atoms. The highest BCUT2D eigenvalue weighted by molar-refractivity contribution is 7.89.